The number of nitrogens with two attached hydrogens (primary N) is 1. The quantitative estimate of drug-likeness (QED) is 0.797. The molecule has 1 aromatic rings. The van der Waals surface area contributed by atoms with Crippen LogP contribution in [-0.2, 0) is 4.79 Å². The van der Waals surface area contributed by atoms with Gasteiger partial charge < -0.3 is 15.5 Å². The van der Waals surface area contributed by atoms with Crippen LogP contribution in [0.15, 0.2) is 22.8 Å². The summed E-state index contributed by atoms with van der Waals surface area (Å²) >= 11 is 0. The van der Waals surface area contributed by atoms with E-state index >= 15 is 0 Å². The van der Waals surface area contributed by atoms with Crippen molar-refractivity contribution in [2.75, 3.05) is 20.6 Å². The predicted molar refractivity (Wildman–Crippen MR) is 71.0 cm³/mol. The summed E-state index contributed by atoms with van der Waals surface area (Å²) in [5.74, 6) is 0.693. The number of rotatable bonds is 6. The van der Waals surface area contributed by atoms with E-state index in [9.17, 15) is 4.79 Å². The molecular weight excluding hydrogens is 230 g/mol. The molecule has 0 aliphatic heterocycles. The van der Waals surface area contributed by atoms with Crippen molar-refractivity contribution in [3.8, 4) is 0 Å². The largest absolute Gasteiger partial charge is 0.468 e. The summed E-state index contributed by atoms with van der Waals surface area (Å²) in [6.07, 6.45) is 2.24. The minimum Gasteiger partial charge on any atom is -0.468 e. The number of nitrogens with zero attached hydrogens (tertiary/aromatic N) is 1. The van der Waals surface area contributed by atoms with E-state index in [-0.39, 0.29) is 11.9 Å². The van der Waals surface area contributed by atoms with Crippen molar-refractivity contribution < 1.29 is 9.21 Å². The van der Waals surface area contributed by atoms with Gasteiger partial charge in [-0.2, -0.15) is 0 Å². The molecule has 0 aliphatic carbocycles. The lowest BCUT2D eigenvalue weighted by atomic mass is 9.99. The van der Waals surface area contributed by atoms with Crippen molar-refractivity contribution in [3.05, 3.63) is 24.2 Å². The second kappa shape index (κ2) is 6.02. The molecule has 0 spiro atoms. The van der Waals surface area contributed by atoms with E-state index in [0.29, 0.717) is 13.0 Å². The van der Waals surface area contributed by atoms with Crippen LogP contribution in [0.25, 0.3) is 0 Å². The van der Waals surface area contributed by atoms with Crippen molar-refractivity contribution in [1.29, 1.82) is 0 Å². The van der Waals surface area contributed by atoms with Crippen LogP contribution in [0.3, 0.4) is 0 Å². The average molecular weight is 253 g/mol. The summed E-state index contributed by atoms with van der Waals surface area (Å²) in [5, 5.41) is 2.88. The maximum Gasteiger partial charge on any atom is 0.239 e. The number of carbonyl (C=O) groups is 1. The molecule has 2 atom stereocenters. The second-order valence-electron chi connectivity index (χ2n) is 4.98. The number of amides is 1. The molecule has 0 saturated carbocycles. The second-order valence-corrected chi connectivity index (χ2v) is 4.98. The topological polar surface area (TPSA) is 71.5 Å². The molecule has 0 aliphatic rings. The number of hydrogen-bond donors (Lipinski definition) is 2. The molecule has 2 unspecified atom stereocenters. The Bertz CT molecular complexity index is 372. The summed E-state index contributed by atoms with van der Waals surface area (Å²) < 4.78 is 5.38. The Morgan fingerprint density at radius 2 is 2.28 bits per heavy atom. The van der Waals surface area contributed by atoms with Crippen LogP contribution >= 0.6 is 0 Å². The third-order valence-electron chi connectivity index (χ3n) is 3.20. The monoisotopic (exact) mass is 253 g/mol. The fourth-order valence-electron chi connectivity index (χ4n) is 1.57. The normalized spacial score (nSPS) is 16.3. The minimum atomic E-state index is -0.819. The molecule has 0 bridgehead atoms. The fourth-order valence-corrected chi connectivity index (χ4v) is 1.57. The number of likely N-dealkylation sites (N-methyl/N-ethyl adjacent to an activating group) is 1. The van der Waals surface area contributed by atoms with Crippen LogP contribution in [0.4, 0.5) is 0 Å². The number of hydrogen-bond acceptors (Lipinski definition) is 4. The molecule has 1 rings (SSSR count). The zero-order valence-electron chi connectivity index (χ0n) is 11.6. The van der Waals surface area contributed by atoms with Gasteiger partial charge in [-0.3, -0.25) is 9.69 Å². The summed E-state index contributed by atoms with van der Waals surface area (Å²) in [7, 11) is 3.89. The first-order valence-corrected chi connectivity index (χ1v) is 6.15. The smallest absolute Gasteiger partial charge is 0.239 e. The fraction of sp³-hybridized carbons (Fsp3) is 0.615. The Hall–Kier alpha value is -1.33. The van der Waals surface area contributed by atoms with E-state index in [1.54, 1.807) is 13.2 Å². The van der Waals surface area contributed by atoms with E-state index in [1.165, 1.54) is 0 Å². The first-order chi connectivity index (χ1) is 8.38. The molecule has 1 aromatic heterocycles. The molecule has 0 radical (unpaired) electrons. The van der Waals surface area contributed by atoms with Crippen LogP contribution in [0.2, 0.25) is 0 Å². The van der Waals surface area contributed by atoms with Gasteiger partial charge in [0.25, 0.3) is 0 Å². The first-order valence-electron chi connectivity index (χ1n) is 6.15. The highest BCUT2D eigenvalue weighted by molar-refractivity contribution is 5.85. The van der Waals surface area contributed by atoms with E-state index in [2.05, 4.69) is 5.32 Å². The Morgan fingerprint density at radius 3 is 2.72 bits per heavy atom. The molecule has 5 nitrogen and oxygen atoms in total. The summed E-state index contributed by atoms with van der Waals surface area (Å²) in [6.45, 7) is 4.11. The molecule has 0 fully saturated rings. The van der Waals surface area contributed by atoms with Gasteiger partial charge in [0.05, 0.1) is 17.8 Å². The van der Waals surface area contributed by atoms with Gasteiger partial charge in [-0.15, -0.1) is 0 Å². The lowest BCUT2D eigenvalue weighted by Crippen LogP contribution is -2.52. The summed E-state index contributed by atoms with van der Waals surface area (Å²) in [6, 6.07) is 3.75. The zero-order chi connectivity index (χ0) is 13.8. The molecule has 3 N–H and O–H groups in total. The summed E-state index contributed by atoms with van der Waals surface area (Å²) in [4.78, 5) is 13.9. The van der Waals surface area contributed by atoms with Gasteiger partial charge in [0.1, 0.15) is 5.76 Å². The van der Waals surface area contributed by atoms with Gasteiger partial charge in [0, 0.05) is 6.54 Å². The van der Waals surface area contributed by atoms with Crippen LogP contribution in [0, 0.1) is 0 Å². The van der Waals surface area contributed by atoms with Gasteiger partial charge in [-0.1, -0.05) is 6.92 Å². The first kappa shape index (κ1) is 14.7. The van der Waals surface area contributed by atoms with E-state index in [1.807, 2.05) is 38.1 Å². The van der Waals surface area contributed by atoms with Crippen molar-refractivity contribution >= 4 is 5.91 Å². The molecule has 0 aromatic carbocycles. The van der Waals surface area contributed by atoms with Gasteiger partial charge in [0.15, 0.2) is 0 Å². The Balaban J connectivity index is 2.62. The Morgan fingerprint density at radius 1 is 1.61 bits per heavy atom. The maximum atomic E-state index is 11.9. The van der Waals surface area contributed by atoms with E-state index in [0.717, 1.165) is 5.76 Å². The number of furan rings is 1. The predicted octanol–water partition coefficient (Wildman–Crippen LogP) is 1.13. The molecule has 0 saturated heterocycles. The van der Waals surface area contributed by atoms with Crippen molar-refractivity contribution in [2.45, 2.75) is 31.8 Å². The maximum absolute atomic E-state index is 11.9. The summed E-state index contributed by atoms with van der Waals surface area (Å²) in [5.41, 5.74) is 5.07. The van der Waals surface area contributed by atoms with Gasteiger partial charge in [-0.05, 0) is 39.6 Å². The van der Waals surface area contributed by atoms with Crippen LogP contribution < -0.4 is 11.1 Å². The zero-order valence-corrected chi connectivity index (χ0v) is 11.6. The minimum absolute atomic E-state index is 0.0107. The van der Waals surface area contributed by atoms with Crippen molar-refractivity contribution in [1.82, 2.24) is 10.2 Å². The molecule has 102 valence electrons. The third-order valence-corrected chi connectivity index (χ3v) is 3.20. The van der Waals surface area contributed by atoms with Gasteiger partial charge >= 0.3 is 0 Å². The van der Waals surface area contributed by atoms with E-state index in [4.69, 9.17) is 10.2 Å². The SMILES string of the molecule is CCC(C)(N)C(=O)NCC(c1ccco1)N(C)C. The molecule has 1 amide bonds. The van der Waals surface area contributed by atoms with Crippen LogP contribution in [0.5, 0.6) is 0 Å². The van der Waals surface area contributed by atoms with Gasteiger partial charge in [-0.25, -0.2) is 0 Å². The standard InChI is InChI=1S/C13H23N3O2/c1-5-13(2,14)12(17)15-9-10(16(3)4)11-7-6-8-18-11/h6-8,10H,5,9,14H2,1-4H3,(H,15,17). The molecular formula is C13H23N3O2. The average Bonchev–Trinajstić information content (AvgIpc) is 2.82. The van der Waals surface area contributed by atoms with Gasteiger partial charge in [0.2, 0.25) is 5.91 Å². The number of nitrogens with one attached hydrogen (secondary N) is 1. The lowest BCUT2D eigenvalue weighted by Gasteiger charge is -2.26. The van der Waals surface area contributed by atoms with Crippen molar-refractivity contribution in [3.63, 3.8) is 0 Å². The third kappa shape index (κ3) is 3.58. The van der Waals surface area contributed by atoms with Crippen LogP contribution in [-0.4, -0.2) is 37.0 Å². The highest BCUT2D eigenvalue weighted by Crippen LogP contribution is 2.17. The Labute approximate surface area is 108 Å². The van der Waals surface area contributed by atoms with Crippen molar-refractivity contribution in [2.24, 2.45) is 5.73 Å². The van der Waals surface area contributed by atoms with E-state index < -0.39 is 5.54 Å². The number of carbonyl (C=O) groups excluding carboxylic acids is 1. The van der Waals surface area contributed by atoms with Crippen LogP contribution in [0.1, 0.15) is 32.1 Å². The Kier molecular flexibility index (Phi) is 4.93. The molecule has 5 heteroatoms. The highest BCUT2D eigenvalue weighted by atomic mass is 16.3. The lowest BCUT2D eigenvalue weighted by molar-refractivity contribution is -0.126. The molecule has 1 heterocycles. The highest BCUT2D eigenvalue weighted by Gasteiger charge is 2.27. The molecule has 18 heavy (non-hydrogen) atoms.